The molecule has 68 heavy (non-hydrogen) atoms. The predicted molar refractivity (Wildman–Crippen MR) is 286 cm³/mol. The molecule has 0 bridgehead atoms. The molecule has 326 valence electrons. The zero-order valence-corrected chi connectivity index (χ0v) is 38.1. The minimum Gasteiger partial charge on any atom is -0.310 e. The highest BCUT2D eigenvalue weighted by Gasteiger charge is 2.22. The number of benzene rings is 9. The monoisotopic (exact) mass is 874 g/mol. The molecule has 0 heterocycles. The molecule has 0 aliphatic heterocycles. The van der Waals surface area contributed by atoms with Crippen molar-refractivity contribution in [2.24, 2.45) is 0 Å². The zero-order valence-electron chi connectivity index (χ0n) is 38.1. The molecule has 9 aromatic rings. The van der Waals surface area contributed by atoms with Crippen LogP contribution in [0.25, 0.3) is 50.7 Å². The largest absolute Gasteiger partial charge is 0.310 e. The van der Waals surface area contributed by atoms with Gasteiger partial charge in [-0.3, -0.25) is 0 Å². The number of nitriles is 1. The Bertz CT molecular complexity index is 3230. The molecule has 2 aliphatic rings. The quantitative estimate of drug-likeness (QED) is 0.0780. The highest BCUT2D eigenvalue weighted by molar-refractivity contribution is 6.16. The minimum absolute atomic E-state index is 0.562. The lowest BCUT2D eigenvalue weighted by atomic mass is 9.90. The molecule has 0 fully saturated rings. The van der Waals surface area contributed by atoms with E-state index < -0.39 is 0 Å². The topological polar surface area (TPSA) is 34.6 Å². The number of rotatable bonds is 10. The molecule has 2 aliphatic carbocycles. The van der Waals surface area contributed by atoms with Gasteiger partial charge in [-0.1, -0.05) is 140 Å². The van der Waals surface area contributed by atoms with Crippen molar-refractivity contribution in [2.75, 3.05) is 9.80 Å². The molecule has 0 atom stereocenters. The van der Waals surface area contributed by atoms with E-state index in [1.165, 1.54) is 59.3 Å². The van der Waals surface area contributed by atoms with Crippen molar-refractivity contribution >= 4 is 85.7 Å². The van der Waals surface area contributed by atoms with Gasteiger partial charge in [0.05, 0.1) is 12.1 Å². The van der Waals surface area contributed by atoms with Gasteiger partial charge < -0.3 is 9.80 Å². The van der Waals surface area contributed by atoms with Gasteiger partial charge in [-0.25, -0.2) is 4.85 Å². The average Bonchev–Trinajstić information content (AvgIpc) is 3.40. The van der Waals surface area contributed by atoms with Crippen molar-refractivity contribution < 1.29 is 0 Å². The molecule has 11 rings (SSSR count). The summed E-state index contributed by atoms with van der Waals surface area (Å²) in [5, 5.41) is 13.8. The zero-order chi connectivity index (χ0) is 45.8. The summed E-state index contributed by atoms with van der Waals surface area (Å²) in [6, 6.07) is 66.9. The van der Waals surface area contributed by atoms with E-state index in [0.29, 0.717) is 11.3 Å². The SMILES string of the molecule is [C-]#[N+]c1c2ccc(C=Cc3ccc(N(c4ccccc4)c4cccc5c4CCCC5)cc3)cc2c(C#N)c2ccc(C=Cc3ccc(N(c4ccccc4)c4cccc5c4CCCC5)cc3)cc12. The molecule has 0 N–H and O–H groups in total. The molecular weight excluding hydrogens is 825 g/mol. The second-order valence-electron chi connectivity index (χ2n) is 18.0. The lowest BCUT2D eigenvalue weighted by Gasteiger charge is -2.30. The van der Waals surface area contributed by atoms with Crippen molar-refractivity contribution in [1.29, 1.82) is 5.26 Å². The van der Waals surface area contributed by atoms with E-state index in [1.807, 2.05) is 36.4 Å². The van der Waals surface area contributed by atoms with Gasteiger partial charge in [0.2, 0.25) is 5.69 Å². The molecule has 4 heteroatoms. The van der Waals surface area contributed by atoms with Crippen LogP contribution in [0.3, 0.4) is 0 Å². The molecule has 0 aromatic heterocycles. The Labute approximate surface area is 399 Å². The highest BCUT2D eigenvalue weighted by atomic mass is 15.1. The third-order valence-corrected chi connectivity index (χ3v) is 13.9. The van der Waals surface area contributed by atoms with E-state index in [-0.39, 0.29) is 0 Å². The number of hydrogen-bond acceptors (Lipinski definition) is 3. The van der Waals surface area contributed by atoms with Crippen molar-refractivity contribution in [1.82, 2.24) is 0 Å². The van der Waals surface area contributed by atoms with Crippen LogP contribution in [0.2, 0.25) is 0 Å². The normalized spacial score (nSPS) is 13.3. The Hall–Kier alpha value is -8.44. The number of nitrogens with zero attached hydrogens (tertiary/aromatic N) is 4. The predicted octanol–water partition coefficient (Wildman–Crippen LogP) is 17.5. The fraction of sp³-hybridized carbons (Fsp3) is 0.125. The lowest BCUT2D eigenvalue weighted by molar-refractivity contribution is 0.686. The van der Waals surface area contributed by atoms with E-state index in [9.17, 15) is 5.26 Å². The number of aryl methyl sites for hydroxylation is 2. The molecule has 0 radical (unpaired) electrons. The van der Waals surface area contributed by atoms with Crippen LogP contribution in [-0.4, -0.2) is 0 Å². The van der Waals surface area contributed by atoms with E-state index in [1.54, 1.807) is 0 Å². The Morgan fingerprint density at radius 3 is 1.32 bits per heavy atom. The van der Waals surface area contributed by atoms with Crippen molar-refractivity contribution in [3.63, 3.8) is 0 Å². The number of hydrogen-bond donors (Lipinski definition) is 0. The summed E-state index contributed by atoms with van der Waals surface area (Å²) in [6.45, 7) is 8.33. The summed E-state index contributed by atoms with van der Waals surface area (Å²) < 4.78 is 0. The van der Waals surface area contributed by atoms with E-state index in [4.69, 9.17) is 6.57 Å². The van der Waals surface area contributed by atoms with Gasteiger partial charge in [-0.2, -0.15) is 5.26 Å². The van der Waals surface area contributed by atoms with Gasteiger partial charge in [-0.05, 0) is 184 Å². The van der Waals surface area contributed by atoms with Gasteiger partial charge in [0.15, 0.2) is 0 Å². The number of fused-ring (bicyclic) bond motifs is 4. The Balaban J connectivity index is 0.856. The highest BCUT2D eigenvalue weighted by Crippen LogP contribution is 2.43. The second-order valence-corrected chi connectivity index (χ2v) is 18.0. The first-order valence-electron chi connectivity index (χ1n) is 23.9. The van der Waals surface area contributed by atoms with Crippen LogP contribution in [0.1, 0.15) is 75.8 Å². The summed E-state index contributed by atoms with van der Waals surface area (Å²) >= 11 is 0. The summed E-state index contributed by atoms with van der Waals surface area (Å²) in [4.78, 5) is 8.84. The number of anilines is 6. The van der Waals surface area contributed by atoms with Crippen LogP contribution >= 0.6 is 0 Å². The summed E-state index contributed by atoms with van der Waals surface area (Å²) in [5.74, 6) is 0. The Morgan fingerprint density at radius 2 is 0.838 bits per heavy atom. The maximum Gasteiger partial charge on any atom is 0.202 e. The standard InChI is InChI=1S/C64H50N4/c1-66-64-58-41-35-47(28-26-45-30-36-53(37-31-45)67(51-18-4-2-5-19-51)62-24-12-16-49-14-8-10-22-55(49)62)42-59(58)61(44-65)57-40-34-48(43-60(57)64)29-27-46-32-38-54(39-33-46)68(52-20-6-3-7-21-52)63-25-13-17-50-15-9-11-23-56(50)63/h2-7,12-13,16-21,24-43H,8-11,14-15,22-23H2. The van der Waals surface area contributed by atoms with E-state index in [0.717, 1.165) is 92.2 Å². The smallest absolute Gasteiger partial charge is 0.202 e. The van der Waals surface area contributed by atoms with E-state index in [2.05, 4.69) is 191 Å². The fourth-order valence-corrected chi connectivity index (χ4v) is 10.5. The van der Waals surface area contributed by atoms with Gasteiger partial charge >= 0.3 is 0 Å². The van der Waals surface area contributed by atoms with Gasteiger partial charge in [-0.15, -0.1) is 0 Å². The molecule has 0 unspecified atom stereocenters. The van der Waals surface area contributed by atoms with Gasteiger partial charge in [0.25, 0.3) is 0 Å². The molecule has 9 aromatic carbocycles. The molecule has 4 nitrogen and oxygen atoms in total. The van der Waals surface area contributed by atoms with Crippen LogP contribution in [0.15, 0.2) is 182 Å². The average molecular weight is 875 g/mol. The molecule has 0 saturated heterocycles. The van der Waals surface area contributed by atoms with Crippen molar-refractivity contribution in [3.05, 3.63) is 243 Å². The van der Waals surface area contributed by atoms with E-state index >= 15 is 0 Å². The molecular formula is C64H50N4. The second kappa shape index (κ2) is 18.8. The summed E-state index contributed by atoms with van der Waals surface area (Å²) in [6.07, 6.45) is 17.8. The Morgan fingerprint density at radius 1 is 0.412 bits per heavy atom. The third kappa shape index (κ3) is 8.23. The van der Waals surface area contributed by atoms with Gasteiger partial charge in [0, 0.05) is 34.1 Å². The van der Waals surface area contributed by atoms with Crippen LogP contribution in [0, 0.1) is 17.9 Å². The van der Waals surface area contributed by atoms with Crippen molar-refractivity contribution in [2.45, 2.75) is 51.4 Å². The first-order chi connectivity index (χ1) is 33.6. The maximum absolute atomic E-state index is 10.6. The van der Waals surface area contributed by atoms with Crippen molar-refractivity contribution in [3.8, 4) is 6.07 Å². The van der Waals surface area contributed by atoms with Crippen LogP contribution in [0.5, 0.6) is 0 Å². The fourth-order valence-electron chi connectivity index (χ4n) is 10.5. The van der Waals surface area contributed by atoms with Crippen LogP contribution in [-0.2, 0) is 25.7 Å². The third-order valence-electron chi connectivity index (χ3n) is 13.9. The Kier molecular flexibility index (Phi) is 11.7. The van der Waals surface area contributed by atoms with Crippen LogP contribution < -0.4 is 9.80 Å². The lowest BCUT2D eigenvalue weighted by Crippen LogP contribution is -2.15. The first kappa shape index (κ1) is 42.2. The first-order valence-corrected chi connectivity index (χ1v) is 23.9. The maximum atomic E-state index is 10.6. The van der Waals surface area contributed by atoms with Crippen LogP contribution in [0.4, 0.5) is 39.8 Å². The molecule has 0 saturated carbocycles. The molecule has 0 amide bonds. The summed E-state index contributed by atoms with van der Waals surface area (Å²) in [7, 11) is 0. The minimum atomic E-state index is 0.562. The van der Waals surface area contributed by atoms with Gasteiger partial charge in [0.1, 0.15) is 6.07 Å². The summed E-state index contributed by atoms with van der Waals surface area (Å²) in [5.41, 5.74) is 18.1. The number of para-hydroxylation sites is 2. The molecule has 0 spiro atoms.